The first-order chi connectivity index (χ1) is 33.3. The molecule has 0 spiro atoms. The zero-order valence-electron chi connectivity index (χ0n) is 38.5. The standard InChI is InChI=1S/C57H35N5O/c1-4-17-36(18-5-1)41-26-16-30-52-53(41)46-34-40(62-49-28-14-10-23-42(49)43-24-11-15-29-50(43)62)35-47(54(46)63-52)57-59-55(37-19-6-2-7-20-37)58-56(60-57)38-31-32-45-44-25-12-13-27-48(44)61(51(45)33-38)39-21-8-3-9-22-39/h1-35H/i1D,4D,5D,17D,18D. The molecule has 63 heavy (non-hydrogen) atoms. The van der Waals surface area contributed by atoms with Crippen LogP contribution in [0.5, 0.6) is 0 Å². The fourth-order valence-corrected chi connectivity index (χ4v) is 9.31. The van der Waals surface area contributed by atoms with E-state index in [1.54, 1.807) is 12.1 Å². The Morgan fingerprint density at radius 2 is 0.952 bits per heavy atom. The molecule has 6 nitrogen and oxygen atoms in total. The Morgan fingerprint density at radius 1 is 0.381 bits per heavy atom. The Balaban J connectivity index is 1.13. The number of aromatic nitrogens is 5. The van der Waals surface area contributed by atoms with Crippen molar-refractivity contribution >= 4 is 65.6 Å². The van der Waals surface area contributed by atoms with Crippen LogP contribution in [0.1, 0.15) is 6.85 Å². The molecule has 13 aromatic rings. The van der Waals surface area contributed by atoms with Crippen LogP contribution < -0.4 is 0 Å². The summed E-state index contributed by atoms with van der Waals surface area (Å²) < 4.78 is 55.0. The first-order valence-electron chi connectivity index (χ1n) is 23.3. The monoisotopic (exact) mass is 810 g/mol. The molecule has 0 amide bonds. The average Bonchev–Trinajstić information content (AvgIpc) is 4.05. The predicted octanol–water partition coefficient (Wildman–Crippen LogP) is 14.6. The van der Waals surface area contributed by atoms with E-state index in [0.717, 1.165) is 66.1 Å². The summed E-state index contributed by atoms with van der Waals surface area (Å²) in [4.78, 5) is 15.8. The van der Waals surface area contributed by atoms with Crippen molar-refractivity contribution in [2.75, 3.05) is 0 Å². The molecule has 6 heteroatoms. The van der Waals surface area contributed by atoms with Gasteiger partial charge in [-0.1, -0.05) is 158 Å². The van der Waals surface area contributed by atoms with Crippen LogP contribution >= 0.6 is 0 Å². The Kier molecular flexibility index (Phi) is 6.75. The van der Waals surface area contributed by atoms with Crippen LogP contribution in [-0.4, -0.2) is 24.1 Å². The number of furan rings is 1. The maximum atomic E-state index is 9.04. The zero-order valence-corrected chi connectivity index (χ0v) is 33.5. The van der Waals surface area contributed by atoms with Crippen molar-refractivity contribution in [1.29, 1.82) is 0 Å². The van der Waals surface area contributed by atoms with Gasteiger partial charge in [-0.15, -0.1) is 0 Å². The van der Waals surface area contributed by atoms with Crippen molar-refractivity contribution in [1.82, 2.24) is 24.1 Å². The smallest absolute Gasteiger partial charge is 0.167 e. The highest BCUT2D eigenvalue weighted by molar-refractivity contribution is 6.17. The van der Waals surface area contributed by atoms with Gasteiger partial charge in [0.05, 0.1) is 34.5 Å². The highest BCUT2D eigenvalue weighted by Gasteiger charge is 2.23. The molecule has 0 aliphatic rings. The number of para-hydroxylation sites is 4. The maximum absolute atomic E-state index is 9.04. The normalized spacial score (nSPS) is 12.9. The molecule has 0 radical (unpaired) electrons. The molecule has 0 bridgehead atoms. The zero-order chi connectivity index (χ0) is 45.8. The predicted molar refractivity (Wildman–Crippen MR) is 258 cm³/mol. The molecule has 0 aliphatic heterocycles. The lowest BCUT2D eigenvalue weighted by Crippen LogP contribution is -2.02. The summed E-state index contributed by atoms with van der Waals surface area (Å²) in [5, 5.41) is 5.66. The summed E-state index contributed by atoms with van der Waals surface area (Å²) in [6.07, 6.45) is 0. The molecule has 4 aromatic heterocycles. The van der Waals surface area contributed by atoms with E-state index in [4.69, 9.17) is 26.2 Å². The third-order valence-corrected chi connectivity index (χ3v) is 12.0. The van der Waals surface area contributed by atoms with Gasteiger partial charge in [0, 0.05) is 54.8 Å². The van der Waals surface area contributed by atoms with Gasteiger partial charge in [-0.2, -0.15) is 0 Å². The molecule has 0 saturated heterocycles. The Morgan fingerprint density at radius 3 is 1.63 bits per heavy atom. The fraction of sp³-hybridized carbons (Fsp3) is 0. The van der Waals surface area contributed by atoms with Crippen LogP contribution in [0.4, 0.5) is 0 Å². The second-order valence-electron chi connectivity index (χ2n) is 15.6. The molecular formula is C57H35N5O. The van der Waals surface area contributed by atoms with E-state index in [9.17, 15) is 0 Å². The van der Waals surface area contributed by atoms with Crippen molar-refractivity contribution in [3.63, 3.8) is 0 Å². The molecule has 13 rings (SSSR count). The summed E-state index contributed by atoms with van der Waals surface area (Å²) in [6, 6.07) is 59.2. The second-order valence-corrected chi connectivity index (χ2v) is 15.6. The van der Waals surface area contributed by atoms with Crippen molar-refractivity contribution in [2.45, 2.75) is 0 Å². The summed E-state index contributed by atoms with van der Waals surface area (Å²) >= 11 is 0. The van der Waals surface area contributed by atoms with Crippen molar-refractivity contribution in [2.24, 2.45) is 0 Å². The quantitative estimate of drug-likeness (QED) is 0.168. The van der Waals surface area contributed by atoms with Gasteiger partial charge in [-0.05, 0) is 65.7 Å². The lowest BCUT2D eigenvalue weighted by Gasteiger charge is -2.13. The lowest BCUT2D eigenvalue weighted by molar-refractivity contribution is 0.669. The van der Waals surface area contributed by atoms with Crippen LogP contribution in [0.15, 0.2) is 217 Å². The number of benzene rings is 9. The van der Waals surface area contributed by atoms with Gasteiger partial charge in [-0.25, -0.2) is 15.0 Å². The van der Waals surface area contributed by atoms with Crippen molar-refractivity contribution in [3.8, 4) is 56.7 Å². The molecule has 0 fully saturated rings. The fourth-order valence-electron chi connectivity index (χ4n) is 9.31. The van der Waals surface area contributed by atoms with E-state index in [1.807, 2.05) is 78.9 Å². The van der Waals surface area contributed by atoms with Gasteiger partial charge in [0.1, 0.15) is 11.2 Å². The highest BCUT2D eigenvalue weighted by atomic mass is 16.3. The molecule has 0 unspecified atom stereocenters. The van der Waals surface area contributed by atoms with Crippen LogP contribution in [0.25, 0.3) is 122 Å². The average molecular weight is 811 g/mol. The molecule has 0 atom stereocenters. The molecular weight excluding hydrogens is 771 g/mol. The molecule has 9 aromatic carbocycles. The SMILES string of the molecule is [2H]c1c([2H])c([2H])c(-c2cccc3oc4c(-c5nc(-c6ccccc6)nc(-c6ccc7c8ccccc8n(-c8ccccc8)c7c6)n5)cc(-n5c6ccccc6c6ccccc65)cc4c23)c([2H])c1[2H]. The minimum absolute atomic E-state index is 0.0882. The van der Waals surface area contributed by atoms with Crippen LogP contribution in [-0.2, 0) is 0 Å². The molecule has 0 aliphatic carbocycles. The number of hydrogen-bond acceptors (Lipinski definition) is 4. The van der Waals surface area contributed by atoms with Crippen LogP contribution in [0.2, 0.25) is 0 Å². The summed E-state index contributed by atoms with van der Waals surface area (Å²) in [7, 11) is 0. The lowest BCUT2D eigenvalue weighted by atomic mass is 9.98. The number of fused-ring (bicyclic) bond motifs is 9. The topological polar surface area (TPSA) is 61.7 Å². The Bertz CT molecular complexity index is 4140. The van der Waals surface area contributed by atoms with Gasteiger partial charge in [0.2, 0.25) is 0 Å². The second kappa shape index (κ2) is 14.0. The van der Waals surface area contributed by atoms with E-state index < -0.39 is 18.1 Å². The van der Waals surface area contributed by atoms with Gasteiger partial charge >= 0.3 is 0 Å². The maximum Gasteiger partial charge on any atom is 0.167 e. The van der Waals surface area contributed by atoms with E-state index in [1.165, 1.54) is 0 Å². The minimum atomic E-state index is -0.454. The van der Waals surface area contributed by atoms with Crippen molar-refractivity contribution in [3.05, 3.63) is 212 Å². The van der Waals surface area contributed by atoms with E-state index in [0.29, 0.717) is 50.5 Å². The van der Waals surface area contributed by atoms with Crippen LogP contribution in [0.3, 0.4) is 0 Å². The Labute approximate surface area is 368 Å². The number of rotatable bonds is 6. The van der Waals surface area contributed by atoms with Gasteiger partial charge in [-0.3, -0.25) is 0 Å². The molecule has 4 heterocycles. The Hall–Kier alpha value is -8.61. The van der Waals surface area contributed by atoms with Crippen molar-refractivity contribution < 1.29 is 11.3 Å². The molecule has 0 saturated carbocycles. The van der Waals surface area contributed by atoms with E-state index in [-0.39, 0.29) is 17.6 Å². The van der Waals surface area contributed by atoms with Gasteiger partial charge < -0.3 is 13.6 Å². The van der Waals surface area contributed by atoms with Gasteiger partial charge in [0.15, 0.2) is 17.5 Å². The molecule has 0 N–H and O–H groups in total. The minimum Gasteiger partial charge on any atom is -0.455 e. The largest absolute Gasteiger partial charge is 0.455 e. The summed E-state index contributed by atoms with van der Waals surface area (Å²) in [5.41, 5.74) is 9.57. The summed E-state index contributed by atoms with van der Waals surface area (Å²) in [6.45, 7) is 0. The summed E-state index contributed by atoms with van der Waals surface area (Å²) in [5.74, 6) is 1.31. The van der Waals surface area contributed by atoms with Gasteiger partial charge in [0.25, 0.3) is 0 Å². The first kappa shape index (κ1) is 30.4. The highest BCUT2D eigenvalue weighted by Crippen LogP contribution is 2.44. The van der Waals surface area contributed by atoms with E-state index in [2.05, 4.69) is 100 Å². The first-order valence-corrected chi connectivity index (χ1v) is 20.8. The number of hydrogen-bond donors (Lipinski definition) is 0. The number of nitrogens with zero attached hydrogens (tertiary/aromatic N) is 5. The van der Waals surface area contributed by atoms with E-state index >= 15 is 0 Å². The van der Waals surface area contributed by atoms with Crippen LogP contribution in [0, 0.1) is 0 Å². The third-order valence-electron chi connectivity index (χ3n) is 12.0. The third kappa shape index (κ3) is 5.55. The molecule has 294 valence electrons.